The Bertz CT molecular complexity index is 1140. The molecule has 7 nitrogen and oxygen atoms in total. The third-order valence-corrected chi connectivity index (χ3v) is 5.72. The Hall–Kier alpha value is -3.48. The number of pyridine rings is 1. The highest BCUT2D eigenvalue weighted by Crippen LogP contribution is 2.25. The molecule has 3 aromatic rings. The summed E-state index contributed by atoms with van der Waals surface area (Å²) >= 11 is 0. The average molecular weight is 404 g/mol. The first-order valence-electron chi connectivity index (χ1n) is 10.0. The largest absolute Gasteiger partial charge is 0.359 e. The Morgan fingerprint density at radius 3 is 2.53 bits per heavy atom. The lowest BCUT2D eigenvalue weighted by molar-refractivity contribution is -0.130. The summed E-state index contributed by atoms with van der Waals surface area (Å²) < 4.78 is 0. The van der Waals surface area contributed by atoms with Crippen LogP contribution in [0, 0.1) is 13.8 Å². The number of carbonyl (C=O) groups is 3. The number of piperazine rings is 1. The molecular weight excluding hydrogens is 380 g/mol. The Morgan fingerprint density at radius 1 is 1.10 bits per heavy atom. The summed E-state index contributed by atoms with van der Waals surface area (Å²) in [5.74, 6) is -1.13. The van der Waals surface area contributed by atoms with Crippen molar-refractivity contribution in [2.24, 2.45) is 0 Å². The molecule has 0 spiro atoms. The second kappa shape index (κ2) is 7.74. The summed E-state index contributed by atoms with van der Waals surface area (Å²) in [5.41, 5.74) is 3.40. The predicted octanol–water partition coefficient (Wildman–Crippen LogP) is 2.74. The van der Waals surface area contributed by atoms with Crippen molar-refractivity contribution in [1.82, 2.24) is 19.8 Å². The van der Waals surface area contributed by atoms with Crippen molar-refractivity contribution < 1.29 is 14.4 Å². The molecule has 4 rings (SSSR count). The monoisotopic (exact) mass is 404 g/mol. The van der Waals surface area contributed by atoms with Gasteiger partial charge in [-0.15, -0.1) is 0 Å². The molecule has 1 fully saturated rings. The number of fused-ring (bicyclic) bond motifs is 1. The maximum absolute atomic E-state index is 13.1. The molecule has 0 bridgehead atoms. The maximum atomic E-state index is 13.1. The van der Waals surface area contributed by atoms with Crippen LogP contribution in [0.3, 0.4) is 0 Å². The van der Waals surface area contributed by atoms with Crippen LogP contribution in [0.1, 0.15) is 38.9 Å². The molecule has 1 aromatic carbocycles. The Labute approximate surface area is 174 Å². The normalized spacial score (nSPS) is 16.7. The van der Waals surface area contributed by atoms with Crippen LogP contribution in [0.5, 0.6) is 0 Å². The van der Waals surface area contributed by atoms with Gasteiger partial charge in [0.2, 0.25) is 0 Å². The summed E-state index contributed by atoms with van der Waals surface area (Å²) in [6.45, 7) is 6.71. The second-order valence-electron chi connectivity index (χ2n) is 7.77. The van der Waals surface area contributed by atoms with Crippen molar-refractivity contribution in [1.29, 1.82) is 0 Å². The van der Waals surface area contributed by atoms with Gasteiger partial charge in [0.05, 0.1) is 16.8 Å². The lowest BCUT2D eigenvalue weighted by Crippen LogP contribution is -2.56. The van der Waals surface area contributed by atoms with E-state index in [0.29, 0.717) is 30.8 Å². The molecule has 0 aliphatic carbocycles. The highest BCUT2D eigenvalue weighted by Gasteiger charge is 2.34. The molecule has 1 aliphatic rings. The number of Topliss-reactive ketones (excluding diaryl/α,β-unsaturated/α-hetero) is 1. The van der Waals surface area contributed by atoms with Crippen molar-refractivity contribution >= 4 is 28.5 Å². The second-order valence-corrected chi connectivity index (χ2v) is 7.77. The summed E-state index contributed by atoms with van der Waals surface area (Å²) in [6.07, 6.45) is 3.30. The minimum absolute atomic E-state index is 0.0592. The fraction of sp³-hybridized carbons (Fsp3) is 0.304. The first-order valence-corrected chi connectivity index (χ1v) is 10.0. The zero-order chi connectivity index (χ0) is 21.4. The maximum Gasteiger partial charge on any atom is 0.295 e. The molecule has 30 heavy (non-hydrogen) atoms. The van der Waals surface area contributed by atoms with Gasteiger partial charge < -0.3 is 14.8 Å². The third-order valence-electron chi connectivity index (χ3n) is 5.72. The molecule has 7 heteroatoms. The van der Waals surface area contributed by atoms with Crippen molar-refractivity contribution in [3.8, 4) is 0 Å². The zero-order valence-corrected chi connectivity index (χ0v) is 17.3. The van der Waals surface area contributed by atoms with Crippen molar-refractivity contribution in [3.05, 3.63) is 65.1 Å². The standard InChI is InChI=1S/C23H24N4O3/c1-14-11-24-16(3)20-19(14)18(12-25-20)21(28)23(30)27-10-9-26(13-15(27)2)22(29)17-7-5-4-6-8-17/h4-8,11-12,15,25H,9-10,13H2,1-3H3. The van der Waals surface area contributed by atoms with E-state index < -0.39 is 11.7 Å². The van der Waals surface area contributed by atoms with Crippen LogP contribution in [-0.2, 0) is 4.79 Å². The minimum Gasteiger partial charge on any atom is -0.359 e. The summed E-state index contributed by atoms with van der Waals surface area (Å²) in [5, 5.41) is 0.742. The number of hydrogen-bond donors (Lipinski definition) is 1. The number of hydrogen-bond acceptors (Lipinski definition) is 4. The number of aromatic amines is 1. The molecule has 1 saturated heterocycles. The van der Waals surface area contributed by atoms with Crippen LogP contribution in [0.25, 0.3) is 10.9 Å². The summed E-state index contributed by atoms with van der Waals surface area (Å²) in [6, 6.07) is 8.84. The minimum atomic E-state index is -0.538. The first-order chi connectivity index (χ1) is 14.4. The highest BCUT2D eigenvalue weighted by molar-refractivity contribution is 6.45. The van der Waals surface area contributed by atoms with Gasteiger partial charge in [0, 0.05) is 49.0 Å². The van der Waals surface area contributed by atoms with Crippen LogP contribution in [0.4, 0.5) is 0 Å². The molecule has 2 aromatic heterocycles. The van der Waals surface area contributed by atoms with Crippen molar-refractivity contribution in [3.63, 3.8) is 0 Å². The quantitative estimate of drug-likeness (QED) is 0.537. The van der Waals surface area contributed by atoms with Gasteiger partial charge in [-0.25, -0.2) is 0 Å². The lowest BCUT2D eigenvalue weighted by atomic mass is 10.0. The lowest BCUT2D eigenvalue weighted by Gasteiger charge is -2.39. The number of aromatic nitrogens is 2. The van der Waals surface area contributed by atoms with E-state index in [9.17, 15) is 14.4 Å². The first kappa shape index (κ1) is 19.8. The molecule has 1 aliphatic heterocycles. The van der Waals surface area contributed by atoms with E-state index in [-0.39, 0.29) is 11.9 Å². The summed E-state index contributed by atoms with van der Waals surface area (Å²) in [7, 11) is 0. The molecule has 0 saturated carbocycles. The fourth-order valence-electron chi connectivity index (χ4n) is 4.07. The van der Waals surface area contributed by atoms with Gasteiger partial charge in [-0.2, -0.15) is 0 Å². The molecule has 2 amide bonds. The number of benzene rings is 1. The Morgan fingerprint density at radius 2 is 1.83 bits per heavy atom. The van der Waals surface area contributed by atoms with Gasteiger partial charge in [-0.05, 0) is 38.5 Å². The van der Waals surface area contributed by atoms with E-state index in [0.717, 1.165) is 22.2 Å². The Kier molecular flexibility index (Phi) is 5.11. The average Bonchev–Trinajstić information content (AvgIpc) is 3.22. The van der Waals surface area contributed by atoms with E-state index in [4.69, 9.17) is 0 Å². The topological polar surface area (TPSA) is 86.4 Å². The molecular formula is C23H24N4O3. The molecule has 3 heterocycles. The number of ketones is 1. The van der Waals surface area contributed by atoms with Gasteiger partial charge >= 0.3 is 0 Å². The number of nitrogens with one attached hydrogen (secondary N) is 1. The van der Waals surface area contributed by atoms with Crippen LogP contribution in [0.2, 0.25) is 0 Å². The van der Waals surface area contributed by atoms with Gasteiger partial charge in [0.25, 0.3) is 17.6 Å². The van der Waals surface area contributed by atoms with Crippen LogP contribution >= 0.6 is 0 Å². The highest BCUT2D eigenvalue weighted by atomic mass is 16.2. The van der Waals surface area contributed by atoms with Crippen molar-refractivity contribution in [2.75, 3.05) is 19.6 Å². The fourth-order valence-corrected chi connectivity index (χ4v) is 4.07. The molecule has 0 radical (unpaired) electrons. The Balaban J connectivity index is 1.52. The van der Waals surface area contributed by atoms with E-state index >= 15 is 0 Å². The van der Waals surface area contributed by atoms with Gasteiger partial charge in [-0.1, -0.05) is 18.2 Å². The molecule has 1 unspecified atom stereocenters. The van der Waals surface area contributed by atoms with E-state index in [1.165, 1.54) is 0 Å². The number of aryl methyl sites for hydroxylation is 2. The number of carbonyl (C=O) groups excluding carboxylic acids is 3. The van der Waals surface area contributed by atoms with E-state index in [1.807, 2.05) is 39.0 Å². The van der Waals surface area contributed by atoms with Gasteiger partial charge in [0.1, 0.15) is 0 Å². The number of amides is 2. The summed E-state index contributed by atoms with van der Waals surface area (Å²) in [4.78, 5) is 49.5. The SMILES string of the molecule is Cc1ncc(C)c2c(C(=O)C(=O)N3CCN(C(=O)c4ccccc4)CC3C)c[nH]c12. The molecule has 1 atom stereocenters. The van der Waals surface area contributed by atoms with Gasteiger partial charge in [-0.3, -0.25) is 19.4 Å². The predicted molar refractivity (Wildman–Crippen MR) is 113 cm³/mol. The van der Waals surface area contributed by atoms with Crippen LogP contribution in [0.15, 0.2) is 42.7 Å². The molecule has 1 N–H and O–H groups in total. The number of rotatable bonds is 3. The van der Waals surface area contributed by atoms with Crippen LogP contribution in [-0.4, -0.2) is 63.0 Å². The smallest absolute Gasteiger partial charge is 0.295 e. The third kappa shape index (κ3) is 3.36. The van der Waals surface area contributed by atoms with Crippen LogP contribution < -0.4 is 0 Å². The van der Waals surface area contributed by atoms with Crippen molar-refractivity contribution in [2.45, 2.75) is 26.8 Å². The van der Waals surface area contributed by atoms with E-state index in [1.54, 1.807) is 34.3 Å². The number of nitrogens with zero attached hydrogens (tertiary/aromatic N) is 3. The molecule has 154 valence electrons. The van der Waals surface area contributed by atoms with E-state index in [2.05, 4.69) is 9.97 Å². The zero-order valence-electron chi connectivity index (χ0n) is 17.3. The number of H-pyrrole nitrogens is 1. The van der Waals surface area contributed by atoms with Gasteiger partial charge in [0.15, 0.2) is 0 Å².